The highest BCUT2D eigenvalue weighted by atomic mass is 35.5. The zero-order valence-electron chi connectivity index (χ0n) is 13.8. The minimum absolute atomic E-state index is 0.110. The molecule has 1 atom stereocenters. The number of halogens is 1. The number of carbonyl (C=O) groups excluding carboxylic acids is 1. The van der Waals surface area contributed by atoms with Gasteiger partial charge in [0, 0.05) is 0 Å². The van der Waals surface area contributed by atoms with Crippen LogP contribution < -0.4 is 19.5 Å². The van der Waals surface area contributed by atoms with Crippen molar-refractivity contribution >= 4 is 17.5 Å². The lowest BCUT2D eigenvalue weighted by Gasteiger charge is -2.17. The summed E-state index contributed by atoms with van der Waals surface area (Å²) in [5, 5.41) is 3.34. The van der Waals surface area contributed by atoms with Gasteiger partial charge in [0.15, 0.2) is 18.1 Å². The van der Waals surface area contributed by atoms with Crippen LogP contribution in [-0.2, 0) is 4.79 Å². The molecule has 0 aliphatic rings. The second-order valence-corrected chi connectivity index (χ2v) is 5.53. The van der Waals surface area contributed by atoms with E-state index in [1.54, 1.807) is 44.6 Å². The summed E-state index contributed by atoms with van der Waals surface area (Å²) in [6, 6.07) is 12.3. The Labute approximate surface area is 146 Å². The highest BCUT2D eigenvalue weighted by Crippen LogP contribution is 2.30. The molecule has 0 unspecified atom stereocenters. The Morgan fingerprint density at radius 2 is 1.79 bits per heavy atom. The van der Waals surface area contributed by atoms with Gasteiger partial charge in [-0.05, 0) is 36.8 Å². The van der Waals surface area contributed by atoms with E-state index in [0.29, 0.717) is 22.3 Å². The third-order valence-electron chi connectivity index (χ3n) is 3.48. The summed E-state index contributed by atoms with van der Waals surface area (Å²) in [6.07, 6.45) is 0. The molecule has 2 aromatic carbocycles. The zero-order chi connectivity index (χ0) is 17.5. The minimum atomic E-state index is -0.239. The lowest BCUT2D eigenvalue weighted by molar-refractivity contribution is -0.123. The minimum Gasteiger partial charge on any atom is -0.493 e. The molecule has 1 amide bonds. The van der Waals surface area contributed by atoms with Crippen LogP contribution in [0.1, 0.15) is 18.5 Å². The maximum Gasteiger partial charge on any atom is 0.258 e. The number of rotatable bonds is 7. The molecule has 0 aromatic heterocycles. The number of hydrogen-bond acceptors (Lipinski definition) is 4. The molecule has 5 nitrogen and oxygen atoms in total. The molecule has 0 bridgehead atoms. The molecule has 2 rings (SSSR count). The standard InChI is InChI=1S/C18H20ClNO4/c1-12(13-8-9-16(22-2)17(10-13)23-3)20-18(21)11-24-15-7-5-4-6-14(15)19/h4-10,12H,11H2,1-3H3,(H,20,21)/t12-/m1/s1. The monoisotopic (exact) mass is 349 g/mol. The molecule has 0 saturated heterocycles. The SMILES string of the molecule is COc1ccc([C@@H](C)NC(=O)COc2ccccc2Cl)cc1OC. The molecule has 0 spiro atoms. The van der Waals surface area contributed by atoms with E-state index in [4.69, 9.17) is 25.8 Å². The first-order chi connectivity index (χ1) is 11.5. The highest BCUT2D eigenvalue weighted by Gasteiger charge is 2.13. The molecule has 0 fully saturated rings. The first kappa shape index (κ1) is 17.9. The molecule has 128 valence electrons. The van der Waals surface area contributed by atoms with Gasteiger partial charge < -0.3 is 19.5 Å². The lowest BCUT2D eigenvalue weighted by atomic mass is 10.1. The van der Waals surface area contributed by atoms with Crippen LogP contribution in [0, 0.1) is 0 Å². The molecular weight excluding hydrogens is 330 g/mol. The Morgan fingerprint density at radius 3 is 2.46 bits per heavy atom. The largest absolute Gasteiger partial charge is 0.493 e. The van der Waals surface area contributed by atoms with Gasteiger partial charge in [0.1, 0.15) is 5.75 Å². The summed E-state index contributed by atoms with van der Waals surface area (Å²) in [7, 11) is 3.15. The van der Waals surface area contributed by atoms with Gasteiger partial charge in [0.25, 0.3) is 5.91 Å². The third kappa shape index (κ3) is 4.55. The Kier molecular flexibility index (Phi) is 6.32. The van der Waals surface area contributed by atoms with Gasteiger partial charge in [0.05, 0.1) is 25.3 Å². The maximum absolute atomic E-state index is 12.1. The van der Waals surface area contributed by atoms with Crippen molar-refractivity contribution < 1.29 is 19.0 Å². The highest BCUT2D eigenvalue weighted by molar-refractivity contribution is 6.32. The van der Waals surface area contributed by atoms with Gasteiger partial charge in [-0.2, -0.15) is 0 Å². The summed E-state index contributed by atoms with van der Waals surface area (Å²) in [5.74, 6) is 1.50. The smallest absolute Gasteiger partial charge is 0.258 e. The first-order valence-corrected chi connectivity index (χ1v) is 7.81. The van der Waals surface area contributed by atoms with E-state index < -0.39 is 0 Å². The average molecular weight is 350 g/mol. The van der Waals surface area contributed by atoms with Crippen LogP contribution in [0.25, 0.3) is 0 Å². The second-order valence-electron chi connectivity index (χ2n) is 5.12. The number of methoxy groups -OCH3 is 2. The molecule has 0 heterocycles. The van der Waals surface area contributed by atoms with E-state index in [1.165, 1.54) is 0 Å². The van der Waals surface area contributed by atoms with Crippen molar-refractivity contribution in [2.24, 2.45) is 0 Å². The molecule has 0 aliphatic carbocycles. The molecule has 1 N–H and O–H groups in total. The van der Waals surface area contributed by atoms with Gasteiger partial charge in [0.2, 0.25) is 0 Å². The van der Waals surface area contributed by atoms with Crippen LogP contribution in [0.2, 0.25) is 5.02 Å². The van der Waals surface area contributed by atoms with E-state index in [2.05, 4.69) is 5.32 Å². The van der Waals surface area contributed by atoms with Crippen molar-refractivity contribution in [3.63, 3.8) is 0 Å². The predicted octanol–water partition coefficient (Wildman–Crippen LogP) is 3.61. The summed E-state index contributed by atoms with van der Waals surface area (Å²) in [6.45, 7) is 1.77. The van der Waals surface area contributed by atoms with E-state index in [-0.39, 0.29) is 18.6 Å². The van der Waals surface area contributed by atoms with Crippen LogP contribution in [-0.4, -0.2) is 26.7 Å². The van der Waals surface area contributed by atoms with E-state index in [1.807, 2.05) is 19.1 Å². The third-order valence-corrected chi connectivity index (χ3v) is 3.79. The summed E-state index contributed by atoms with van der Waals surface area (Å²) in [4.78, 5) is 12.1. The van der Waals surface area contributed by atoms with E-state index in [0.717, 1.165) is 5.56 Å². The second kappa shape index (κ2) is 8.45. The van der Waals surface area contributed by atoms with Crippen LogP contribution >= 0.6 is 11.6 Å². The molecular formula is C18H20ClNO4. The summed E-state index contributed by atoms with van der Waals surface area (Å²) in [5.41, 5.74) is 0.902. The number of ether oxygens (including phenoxy) is 3. The molecule has 2 aromatic rings. The van der Waals surface area contributed by atoms with Crippen molar-refractivity contribution in [3.05, 3.63) is 53.1 Å². The number of carbonyl (C=O) groups is 1. The Hall–Kier alpha value is -2.40. The maximum atomic E-state index is 12.1. The number of hydrogen-bond donors (Lipinski definition) is 1. The Bertz CT molecular complexity index is 705. The van der Waals surface area contributed by atoms with Gasteiger partial charge in [-0.3, -0.25) is 4.79 Å². The normalized spacial score (nSPS) is 11.5. The fourth-order valence-corrected chi connectivity index (χ4v) is 2.38. The van der Waals surface area contributed by atoms with Crippen molar-refractivity contribution in [3.8, 4) is 17.2 Å². The average Bonchev–Trinajstić information content (AvgIpc) is 2.60. The Morgan fingerprint density at radius 1 is 1.08 bits per heavy atom. The van der Waals surface area contributed by atoms with Crippen LogP contribution in [0.15, 0.2) is 42.5 Å². The molecule has 0 saturated carbocycles. The van der Waals surface area contributed by atoms with Crippen molar-refractivity contribution in [1.29, 1.82) is 0 Å². The number of benzene rings is 2. The van der Waals surface area contributed by atoms with E-state index >= 15 is 0 Å². The summed E-state index contributed by atoms with van der Waals surface area (Å²) < 4.78 is 15.9. The fraction of sp³-hybridized carbons (Fsp3) is 0.278. The number of nitrogens with one attached hydrogen (secondary N) is 1. The molecule has 24 heavy (non-hydrogen) atoms. The van der Waals surface area contributed by atoms with Crippen molar-refractivity contribution in [1.82, 2.24) is 5.32 Å². The van der Waals surface area contributed by atoms with Crippen molar-refractivity contribution in [2.75, 3.05) is 20.8 Å². The molecule has 0 aliphatic heterocycles. The first-order valence-electron chi connectivity index (χ1n) is 7.43. The van der Waals surface area contributed by atoms with Crippen LogP contribution in [0.3, 0.4) is 0 Å². The Balaban J connectivity index is 1.95. The lowest BCUT2D eigenvalue weighted by Crippen LogP contribution is -2.31. The van der Waals surface area contributed by atoms with E-state index in [9.17, 15) is 4.79 Å². The topological polar surface area (TPSA) is 56.8 Å². The van der Waals surface area contributed by atoms with Gasteiger partial charge in [-0.25, -0.2) is 0 Å². The van der Waals surface area contributed by atoms with Crippen molar-refractivity contribution in [2.45, 2.75) is 13.0 Å². The predicted molar refractivity (Wildman–Crippen MR) is 93.1 cm³/mol. The number of amides is 1. The quantitative estimate of drug-likeness (QED) is 0.829. The molecule has 6 heteroatoms. The van der Waals surface area contributed by atoms with Crippen LogP contribution in [0.4, 0.5) is 0 Å². The van der Waals surface area contributed by atoms with Gasteiger partial charge >= 0.3 is 0 Å². The van der Waals surface area contributed by atoms with Gasteiger partial charge in [-0.1, -0.05) is 29.8 Å². The summed E-state index contributed by atoms with van der Waals surface area (Å²) >= 11 is 5.99. The van der Waals surface area contributed by atoms with Gasteiger partial charge in [-0.15, -0.1) is 0 Å². The fourth-order valence-electron chi connectivity index (χ4n) is 2.19. The molecule has 0 radical (unpaired) electrons. The zero-order valence-corrected chi connectivity index (χ0v) is 14.6. The van der Waals surface area contributed by atoms with Crippen LogP contribution in [0.5, 0.6) is 17.2 Å². The number of para-hydroxylation sites is 1.